The van der Waals surface area contributed by atoms with E-state index in [1.807, 2.05) is 6.92 Å². The molecule has 208 valence electrons. The van der Waals surface area contributed by atoms with Gasteiger partial charge < -0.3 is 15.0 Å². The molecule has 0 spiro atoms. The van der Waals surface area contributed by atoms with Crippen molar-refractivity contribution in [3.05, 3.63) is 90.2 Å². The summed E-state index contributed by atoms with van der Waals surface area (Å²) in [6.45, 7) is 6.54. The van der Waals surface area contributed by atoms with Crippen LogP contribution < -0.4 is 14.4 Å². The maximum Gasteiger partial charge on any atom is 0.264 e. The van der Waals surface area contributed by atoms with Crippen LogP contribution in [0.4, 0.5) is 10.1 Å². The van der Waals surface area contributed by atoms with Gasteiger partial charge in [-0.1, -0.05) is 36.4 Å². The Balaban J connectivity index is 2.03. The van der Waals surface area contributed by atoms with Crippen LogP contribution in [0.2, 0.25) is 0 Å². The van der Waals surface area contributed by atoms with Crippen molar-refractivity contribution in [1.82, 2.24) is 10.2 Å². The number of carbonyl (C=O) groups excluding carboxylic acids is 2. The first-order chi connectivity index (χ1) is 18.5. The lowest BCUT2D eigenvalue weighted by molar-refractivity contribution is -0.139. The Morgan fingerprint density at radius 1 is 0.923 bits per heavy atom. The number of halogens is 1. The van der Waals surface area contributed by atoms with E-state index in [4.69, 9.17) is 4.74 Å². The van der Waals surface area contributed by atoms with Crippen molar-refractivity contribution in [2.75, 3.05) is 17.5 Å². The predicted molar refractivity (Wildman–Crippen MR) is 148 cm³/mol. The van der Waals surface area contributed by atoms with Crippen molar-refractivity contribution in [2.45, 2.75) is 51.2 Å². The van der Waals surface area contributed by atoms with Gasteiger partial charge in [-0.15, -0.1) is 0 Å². The van der Waals surface area contributed by atoms with Gasteiger partial charge in [0, 0.05) is 18.2 Å². The third kappa shape index (κ3) is 7.57. The fourth-order valence-corrected chi connectivity index (χ4v) is 5.36. The molecule has 3 rings (SSSR count). The summed E-state index contributed by atoms with van der Waals surface area (Å²) in [6, 6.07) is 18.9. The first kappa shape index (κ1) is 29.6. The molecule has 0 heterocycles. The molecule has 0 bridgehead atoms. The van der Waals surface area contributed by atoms with Gasteiger partial charge in [-0.05, 0) is 70.2 Å². The monoisotopic (exact) mass is 555 g/mol. The fraction of sp³-hybridized carbons (Fsp3) is 0.310. The third-order valence-corrected chi connectivity index (χ3v) is 7.73. The summed E-state index contributed by atoms with van der Waals surface area (Å²) in [5, 5.41) is 2.77. The Morgan fingerprint density at radius 2 is 1.54 bits per heavy atom. The van der Waals surface area contributed by atoms with Crippen LogP contribution in [0, 0.1) is 5.82 Å². The molecular weight excluding hydrogens is 521 g/mol. The minimum atomic E-state index is -4.18. The molecule has 2 amide bonds. The zero-order chi connectivity index (χ0) is 28.6. The Morgan fingerprint density at radius 3 is 2.13 bits per heavy atom. The molecule has 0 aliphatic carbocycles. The van der Waals surface area contributed by atoms with Gasteiger partial charge in [0.1, 0.15) is 24.2 Å². The molecule has 0 aliphatic rings. The maximum atomic E-state index is 14.6. The van der Waals surface area contributed by atoms with Gasteiger partial charge in [0.15, 0.2) is 0 Å². The summed E-state index contributed by atoms with van der Waals surface area (Å²) in [7, 11) is -4.18. The summed E-state index contributed by atoms with van der Waals surface area (Å²) in [6.07, 6.45) is 0. The number of hydrogen-bond acceptors (Lipinski definition) is 5. The second-order valence-corrected chi connectivity index (χ2v) is 11.1. The molecule has 0 aromatic heterocycles. The normalized spacial score (nSPS) is 12.1. The highest BCUT2D eigenvalue weighted by molar-refractivity contribution is 7.92. The minimum Gasteiger partial charge on any atom is -0.494 e. The van der Waals surface area contributed by atoms with Crippen molar-refractivity contribution in [2.24, 2.45) is 0 Å². The smallest absolute Gasteiger partial charge is 0.264 e. The Labute approximate surface area is 229 Å². The molecule has 0 saturated carbocycles. The molecule has 1 N–H and O–H groups in total. The molecule has 1 atom stereocenters. The van der Waals surface area contributed by atoms with E-state index < -0.39 is 40.2 Å². The third-order valence-electron chi connectivity index (χ3n) is 5.94. The fourth-order valence-electron chi connectivity index (χ4n) is 3.92. The maximum absolute atomic E-state index is 14.6. The first-order valence-corrected chi connectivity index (χ1v) is 14.1. The lowest BCUT2D eigenvalue weighted by Gasteiger charge is -2.32. The number of sulfonamides is 1. The second-order valence-electron chi connectivity index (χ2n) is 9.20. The van der Waals surface area contributed by atoms with Gasteiger partial charge in [-0.25, -0.2) is 12.8 Å². The van der Waals surface area contributed by atoms with Crippen LogP contribution in [0.25, 0.3) is 0 Å². The summed E-state index contributed by atoms with van der Waals surface area (Å²) < 4.78 is 48.5. The van der Waals surface area contributed by atoms with Gasteiger partial charge in [0.25, 0.3) is 10.0 Å². The number of nitrogens with zero attached hydrogens (tertiary/aromatic N) is 2. The molecule has 10 heteroatoms. The molecule has 0 unspecified atom stereocenters. The zero-order valence-corrected chi connectivity index (χ0v) is 23.3. The second kappa shape index (κ2) is 13.2. The van der Waals surface area contributed by atoms with Crippen LogP contribution in [-0.2, 0) is 26.2 Å². The van der Waals surface area contributed by atoms with Crippen LogP contribution in [0.5, 0.6) is 5.75 Å². The average Bonchev–Trinajstić information content (AvgIpc) is 2.91. The molecular formula is C29H34FN3O5S. The summed E-state index contributed by atoms with van der Waals surface area (Å²) in [5.74, 6) is -1.09. The van der Waals surface area contributed by atoms with Crippen molar-refractivity contribution >= 4 is 27.5 Å². The summed E-state index contributed by atoms with van der Waals surface area (Å²) in [4.78, 5) is 27.9. The Kier molecular flexibility index (Phi) is 10.1. The van der Waals surface area contributed by atoms with Crippen molar-refractivity contribution in [3.8, 4) is 5.75 Å². The lowest BCUT2D eigenvalue weighted by atomic mass is 10.1. The van der Waals surface area contributed by atoms with E-state index in [0.717, 1.165) is 4.31 Å². The van der Waals surface area contributed by atoms with Crippen molar-refractivity contribution < 1.29 is 27.1 Å². The summed E-state index contributed by atoms with van der Waals surface area (Å²) in [5.41, 5.74) is 0.439. The van der Waals surface area contributed by atoms with E-state index in [0.29, 0.717) is 12.4 Å². The van der Waals surface area contributed by atoms with E-state index in [1.165, 1.54) is 42.2 Å². The number of benzene rings is 3. The molecule has 39 heavy (non-hydrogen) atoms. The standard InChI is InChI=1S/C29H34FN3O5S/c1-5-38-25-17-15-24(16-18-25)33(39(36,37)26-12-7-6-8-13-26)20-28(34)32(22(4)29(35)31-21(2)3)19-23-11-9-10-14-27(23)30/h6-18,21-22H,5,19-20H2,1-4H3,(H,31,35)/t22-/m1/s1. The Hall–Kier alpha value is -3.92. The molecule has 0 saturated heterocycles. The van der Waals surface area contributed by atoms with Gasteiger partial charge in [0.2, 0.25) is 11.8 Å². The molecule has 0 radical (unpaired) electrons. The Bertz CT molecular complexity index is 1370. The van der Waals surface area contributed by atoms with Crippen LogP contribution in [0.15, 0.2) is 83.8 Å². The zero-order valence-electron chi connectivity index (χ0n) is 22.5. The van der Waals surface area contributed by atoms with E-state index in [2.05, 4.69) is 5.32 Å². The number of hydrogen-bond donors (Lipinski definition) is 1. The highest BCUT2D eigenvalue weighted by atomic mass is 32.2. The molecule has 3 aromatic rings. The number of nitrogens with one attached hydrogen (secondary N) is 1. The van der Waals surface area contributed by atoms with E-state index >= 15 is 0 Å². The highest BCUT2D eigenvalue weighted by Gasteiger charge is 2.33. The molecule has 0 aliphatic heterocycles. The van der Waals surface area contributed by atoms with E-state index in [-0.39, 0.29) is 28.7 Å². The minimum absolute atomic E-state index is 0.00191. The number of anilines is 1. The molecule has 8 nitrogen and oxygen atoms in total. The van der Waals surface area contributed by atoms with Crippen LogP contribution in [0.3, 0.4) is 0 Å². The van der Waals surface area contributed by atoms with Crippen molar-refractivity contribution in [3.63, 3.8) is 0 Å². The lowest BCUT2D eigenvalue weighted by Crippen LogP contribution is -2.52. The highest BCUT2D eigenvalue weighted by Crippen LogP contribution is 2.26. The van der Waals surface area contributed by atoms with Gasteiger partial charge >= 0.3 is 0 Å². The number of ether oxygens (including phenoxy) is 1. The largest absolute Gasteiger partial charge is 0.494 e. The van der Waals surface area contributed by atoms with Gasteiger partial charge in [-0.3, -0.25) is 13.9 Å². The van der Waals surface area contributed by atoms with Crippen LogP contribution in [0.1, 0.15) is 33.3 Å². The average molecular weight is 556 g/mol. The van der Waals surface area contributed by atoms with E-state index in [1.54, 1.807) is 62.4 Å². The topological polar surface area (TPSA) is 96.0 Å². The van der Waals surface area contributed by atoms with Crippen molar-refractivity contribution in [1.29, 1.82) is 0 Å². The SMILES string of the molecule is CCOc1ccc(N(CC(=O)N(Cc2ccccc2F)[C@H](C)C(=O)NC(C)C)S(=O)(=O)c2ccccc2)cc1. The quantitative estimate of drug-likeness (QED) is 0.358. The first-order valence-electron chi connectivity index (χ1n) is 12.7. The summed E-state index contributed by atoms with van der Waals surface area (Å²) >= 11 is 0. The number of carbonyl (C=O) groups is 2. The van der Waals surface area contributed by atoms with Crippen LogP contribution >= 0.6 is 0 Å². The molecule has 3 aromatic carbocycles. The predicted octanol–water partition coefficient (Wildman–Crippen LogP) is 4.36. The van der Waals surface area contributed by atoms with E-state index in [9.17, 15) is 22.4 Å². The number of rotatable bonds is 12. The van der Waals surface area contributed by atoms with Gasteiger partial charge in [-0.2, -0.15) is 0 Å². The molecule has 0 fully saturated rings. The number of amides is 2. The van der Waals surface area contributed by atoms with Gasteiger partial charge in [0.05, 0.1) is 17.2 Å². The van der Waals surface area contributed by atoms with Crippen LogP contribution in [-0.4, -0.2) is 50.4 Å².